The van der Waals surface area contributed by atoms with Crippen molar-refractivity contribution in [3.05, 3.63) is 198 Å². The van der Waals surface area contributed by atoms with Crippen LogP contribution in [0.2, 0.25) is 0 Å². The second kappa shape index (κ2) is 14.1. The van der Waals surface area contributed by atoms with E-state index >= 15 is 0 Å². The number of fused-ring (bicyclic) bond motifs is 7. The highest BCUT2D eigenvalue weighted by Crippen LogP contribution is 2.62. The van der Waals surface area contributed by atoms with E-state index in [1.54, 1.807) is 0 Å². The van der Waals surface area contributed by atoms with Gasteiger partial charge in [-0.25, -0.2) is 0 Å². The van der Waals surface area contributed by atoms with E-state index in [2.05, 4.69) is 225 Å². The molecule has 0 saturated heterocycles. The SMILES string of the molecule is Cc1ccc(N(c2ccc(C)cc2)c2cc3c4c(c2)N2c5c(cc(C)cc5C5(C)CCCCC25C)B4c2ccc(-c4ccccc4)cc2N3c2cccc(-c3ccccc3)c2)cc1. The van der Waals surface area contributed by atoms with Gasteiger partial charge in [0.2, 0.25) is 0 Å². The monoisotopic (exact) mass is 813 g/mol. The van der Waals surface area contributed by atoms with Crippen LogP contribution in [-0.2, 0) is 5.41 Å². The van der Waals surface area contributed by atoms with Crippen LogP contribution >= 0.6 is 0 Å². The number of hydrogen-bond donors (Lipinski definition) is 0. The number of nitrogens with zero attached hydrogens (tertiary/aromatic N) is 3. The molecule has 1 aliphatic carbocycles. The number of anilines is 8. The van der Waals surface area contributed by atoms with E-state index in [1.165, 1.54) is 103 Å². The summed E-state index contributed by atoms with van der Waals surface area (Å²) in [4.78, 5) is 7.96. The van der Waals surface area contributed by atoms with Crippen molar-refractivity contribution in [2.75, 3.05) is 14.7 Å². The average molecular weight is 814 g/mol. The summed E-state index contributed by atoms with van der Waals surface area (Å²) in [5, 5.41) is 0. The van der Waals surface area contributed by atoms with E-state index in [4.69, 9.17) is 0 Å². The summed E-state index contributed by atoms with van der Waals surface area (Å²) >= 11 is 0. The maximum atomic E-state index is 2.86. The molecular formula is C59H52BN3. The van der Waals surface area contributed by atoms with Crippen LogP contribution in [0.15, 0.2) is 176 Å². The van der Waals surface area contributed by atoms with E-state index < -0.39 is 0 Å². The fourth-order valence-corrected chi connectivity index (χ4v) is 12.0. The molecule has 0 radical (unpaired) electrons. The molecule has 1 saturated carbocycles. The van der Waals surface area contributed by atoms with Crippen molar-refractivity contribution >= 4 is 68.6 Å². The lowest BCUT2D eigenvalue weighted by Crippen LogP contribution is -2.64. The van der Waals surface area contributed by atoms with Gasteiger partial charge in [0.05, 0.1) is 11.2 Å². The molecule has 0 spiro atoms. The zero-order valence-corrected chi connectivity index (χ0v) is 37.0. The molecule has 3 nitrogen and oxygen atoms in total. The highest BCUT2D eigenvalue weighted by Gasteiger charge is 2.61. The van der Waals surface area contributed by atoms with Crippen LogP contribution < -0.4 is 31.1 Å². The fourth-order valence-electron chi connectivity index (χ4n) is 12.0. The van der Waals surface area contributed by atoms with Gasteiger partial charge in [-0.3, -0.25) is 0 Å². The van der Waals surface area contributed by atoms with Crippen molar-refractivity contribution in [3.63, 3.8) is 0 Å². The third-order valence-electron chi connectivity index (χ3n) is 15.3. The van der Waals surface area contributed by atoms with Gasteiger partial charge in [-0.2, -0.15) is 0 Å². The summed E-state index contributed by atoms with van der Waals surface area (Å²) in [5.74, 6) is 0. The summed E-state index contributed by atoms with van der Waals surface area (Å²) in [5.41, 5.74) is 24.2. The van der Waals surface area contributed by atoms with Crippen molar-refractivity contribution in [3.8, 4) is 22.3 Å². The maximum Gasteiger partial charge on any atom is 0.252 e. The predicted molar refractivity (Wildman–Crippen MR) is 268 cm³/mol. The van der Waals surface area contributed by atoms with E-state index in [0.717, 1.165) is 29.2 Å². The Balaban J connectivity index is 1.21. The van der Waals surface area contributed by atoms with Crippen LogP contribution in [0.25, 0.3) is 22.3 Å². The van der Waals surface area contributed by atoms with Gasteiger partial charge in [-0.15, -0.1) is 0 Å². The summed E-state index contributed by atoms with van der Waals surface area (Å²) in [6, 6.07) is 66.5. The summed E-state index contributed by atoms with van der Waals surface area (Å²) in [7, 11) is 0. The fraction of sp³-hybridized carbons (Fsp3) is 0.186. The quantitative estimate of drug-likeness (QED) is 0.155. The first kappa shape index (κ1) is 37.9. The van der Waals surface area contributed by atoms with Gasteiger partial charge in [-0.05, 0) is 139 Å². The molecule has 3 heterocycles. The molecule has 4 heteroatoms. The van der Waals surface area contributed by atoms with Crippen molar-refractivity contribution in [2.45, 2.75) is 71.3 Å². The van der Waals surface area contributed by atoms with Gasteiger partial charge in [-0.1, -0.05) is 158 Å². The van der Waals surface area contributed by atoms with Gasteiger partial charge in [0.25, 0.3) is 6.71 Å². The lowest BCUT2D eigenvalue weighted by atomic mass is 9.33. The Morgan fingerprint density at radius 2 is 1.08 bits per heavy atom. The minimum Gasteiger partial charge on any atom is -0.335 e. The standard InChI is InChI=1S/C59H52BN3/c1-39-21-26-46(27-22-39)61(47-28-23-40(2)24-29-47)49-37-54-56-55(38-49)63-57-50(58(4)31-12-13-32-59(58,63)5)33-41(3)34-52(57)60(56)51-30-25-45(43-17-10-7-11-18-43)36-53(51)62(54)48-20-14-19-44(35-48)42-15-8-6-9-16-42/h6-11,14-30,33-38H,12-13,31-32H2,1-5H3. The second-order valence-corrected chi connectivity index (χ2v) is 19.1. The molecule has 0 bridgehead atoms. The van der Waals surface area contributed by atoms with Crippen molar-refractivity contribution in [2.24, 2.45) is 0 Å². The largest absolute Gasteiger partial charge is 0.335 e. The lowest BCUT2D eigenvalue weighted by molar-refractivity contribution is 0.195. The van der Waals surface area contributed by atoms with Crippen LogP contribution in [0.1, 0.15) is 61.8 Å². The molecule has 8 aromatic rings. The highest BCUT2D eigenvalue weighted by atomic mass is 15.3. The molecule has 0 N–H and O–H groups in total. The van der Waals surface area contributed by atoms with Gasteiger partial charge < -0.3 is 14.7 Å². The molecule has 2 atom stereocenters. The normalized spacial score (nSPS) is 19.0. The summed E-state index contributed by atoms with van der Waals surface area (Å²) < 4.78 is 0. The average Bonchev–Trinajstić information content (AvgIpc) is 3.52. The maximum absolute atomic E-state index is 2.86. The van der Waals surface area contributed by atoms with Crippen LogP contribution in [0.5, 0.6) is 0 Å². The minimum atomic E-state index is -0.0957. The molecule has 3 aliphatic heterocycles. The van der Waals surface area contributed by atoms with Gasteiger partial charge in [0.1, 0.15) is 0 Å². The Kier molecular flexibility index (Phi) is 8.51. The first-order chi connectivity index (χ1) is 30.7. The Morgan fingerprint density at radius 1 is 0.476 bits per heavy atom. The third kappa shape index (κ3) is 5.66. The van der Waals surface area contributed by atoms with Gasteiger partial charge >= 0.3 is 0 Å². The lowest BCUT2D eigenvalue weighted by Gasteiger charge is -2.53. The Hall–Kier alpha value is -6.78. The Morgan fingerprint density at radius 3 is 1.75 bits per heavy atom. The number of benzene rings is 8. The molecular weight excluding hydrogens is 761 g/mol. The first-order valence-corrected chi connectivity index (χ1v) is 22.9. The highest BCUT2D eigenvalue weighted by molar-refractivity contribution is 7.00. The smallest absolute Gasteiger partial charge is 0.252 e. The number of aryl methyl sites for hydroxylation is 3. The third-order valence-corrected chi connectivity index (χ3v) is 15.3. The number of hydrogen-bond acceptors (Lipinski definition) is 3. The van der Waals surface area contributed by atoms with E-state index in [9.17, 15) is 0 Å². The van der Waals surface area contributed by atoms with Gasteiger partial charge in [0.15, 0.2) is 0 Å². The Bertz CT molecular complexity index is 3040. The van der Waals surface area contributed by atoms with E-state index in [1.807, 2.05) is 0 Å². The summed E-state index contributed by atoms with van der Waals surface area (Å²) in [6.07, 6.45) is 4.84. The summed E-state index contributed by atoms with van der Waals surface area (Å²) in [6.45, 7) is 11.9. The molecule has 1 fully saturated rings. The topological polar surface area (TPSA) is 9.72 Å². The molecule has 306 valence electrons. The Labute approximate surface area is 373 Å². The van der Waals surface area contributed by atoms with Crippen molar-refractivity contribution < 1.29 is 0 Å². The zero-order chi connectivity index (χ0) is 42.6. The predicted octanol–water partition coefficient (Wildman–Crippen LogP) is 13.8. The minimum absolute atomic E-state index is 0.00896. The molecule has 0 aromatic heterocycles. The second-order valence-electron chi connectivity index (χ2n) is 19.1. The molecule has 63 heavy (non-hydrogen) atoms. The van der Waals surface area contributed by atoms with Gasteiger partial charge in [0, 0.05) is 45.2 Å². The van der Waals surface area contributed by atoms with Crippen LogP contribution in [0.4, 0.5) is 45.5 Å². The molecule has 8 aromatic carbocycles. The van der Waals surface area contributed by atoms with E-state index in [0.29, 0.717) is 0 Å². The molecule has 4 aliphatic rings. The molecule has 0 amide bonds. The van der Waals surface area contributed by atoms with Crippen LogP contribution in [-0.4, -0.2) is 12.3 Å². The zero-order valence-electron chi connectivity index (χ0n) is 37.0. The molecule has 2 unspecified atom stereocenters. The van der Waals surface area contributed by atoms with Crippen molar-refractivity contribution in [1.29, 1.82) is 0 Å². The van der Waals surface area contributed by atoms with E-state index in [-0.39, 0.29) is 17.7 Å². The van der Waals surface area contributed by atoms with Crippen molar-refractivity contribution in [1.82, 2.24) is 0 Å². The van der Waals surface area contributed by atoms with Crippen LogP contribution in [0, 0.1) is 20.8 Å². The first-order valence-electron chi connectivity index (χ1n) is 22.9. The van der Waals surface area contributed by atoms with Crippen LogP contribution in [0.3, 0.4) is 0 Å². The number of rotatable bonds is 6. The molecule has 12 rings (SSSR count).